The van der Waals surface area contributed by atoms with Crippen LogP contribution in [0, 0.1) is 5.41 Å². The van der Waals surface area contributed by atoms with Crippen molar-refractivity contribution in [2.24, 2.45) is 5.41 Å². The van der Waals surface area contributed by atoms with E-state index in [-0.39, 0.29) is 17.9 Å². The molecule has 0 bridgehead atoms. The fourth-order valence-corrected chi connectivity index (χ4v) is 3.49. The summed E-state index contributed by atoms with van der Waals surface area (Å²) in [7, 11) is 0. The molecule has 2 aliphatic rings. The van der Waals surface area contributed by atoms with E-state index in [2.05, 4.69) is 34.5 Å². The Morgan fingerprint density at radius 3 is 2.54 bits per heavy atom. The maximum Gasteiger partial charge on any atom is 0.225 e. The fourth-order valence-electron chi connectivity index (χ4n) is 3.49. The Balaban J connectivity index is 1.63. The van der Waals surface area contributed by atoms with Crippen LogP contribution >= 0.6 is 0 Å². The Kier molecular flexibility index (Phi) is 4.66. The lowest BCUT2D eigenvalue weighted by Gasteiger charge is -2.30. The van der Waals surface area contributed by atoms with E-state index in [1.54, 1.807) is 0 Å². The SMILES string of the molecule is CC(C)(C)C(=O)NCCC(=O)N(C1CC1)[C@H]1CCc2ccccc21. The standard InChI is InChI=1S/C20H28N2O2/c1-20(2,3)19(24)21-13-12-18(23)22(15-9-10-15)17-11-8-14-6-4-5-7-16(14)17/h4-7,15,17H,8-13H2,1-3H3,(H,21,24)/t17-/m0/s1. The molecule has 2 amide bonds. The number of hydrogen-bond acceptors (Lipinski definition) is 2. The third-order valence-corrected chi connectivity index (χ3v) is 4.97. The minimum absolute atomic E-state index is 0.000478. The monoisotopic (exact) mass is 328 g/mol. The summed E-state index contributed by atoms with van der Waals surface area (Å²) < 4.78 is 0. The van der Waals surface area contributed by atoms with Gasteiger partial charge in [0.05, 0.1) is 6.04 Å². The second-order valence-electron chi connectivity index (χ2n) is 8.04. The molecule has 24 heavy (non-hydrogen) atoms. The molecule has 0 aliphatic heterocycles. The predicted molar refractivity (Wildman–Crippen MR) is 94.5 cm³/mol. The van der Waals surface area contributed by atoms with Crippen LogP contribution in [0.3, 0.4) is 0 Å². The van der Waals surface area contributed by atoms with Crippen LogP contribution in [0.1, 0.15) is 63.6 Å². The van der Waals surface area contributed by atoms with Crippen LogP contribution in [0.5, 0.6) is 0 Å². The molecule has 1 atom stereocenters. The summed E-state index contributed by atoms with van der Waals surface area (Å²) in [4.78, 5) is 26.9. The van der Waals surface area contributed by atoms with Crippen LogP contribution in [0.4, 0.5) is 0 Å². The van der Waals surface area contributed by atoms with Crippen molar-refractivity contribution < 1.29 is 9.59 Å². The normalized spacial score (nSPS) is 19.7. The minimum Gasteiger partial charge on any atom is -0.355 e. The van der Waals surface area contributed by atoms with Crippen molar-refractivity contribution in [3.63, 3.8) is 0 Å². The van der Waals surface area contributed by atoms with Gasteiger partial charge in [-0.05, 0) is 36.8 Å². The van der Waals surface area contributed by atoms with Crippen LogP contribution in [-0.2, 0) is 16.0 Å². The van der Waals surface area contributed by atoms with Gasteiger partial charge in [-0.2, -0.15) is 0 Å². The molecule has 0 unspecified atom stereocenters. The summed E-state index contributed by atoms with van der Waals surface area (Å²) in [5, 5.41) is 2.89. The van der Waals surface area contributed by atoms with Gasteiger partial charge >= 0.3 is 0 Å². The molecule has 1 aromatic carbocycles. The molecule has 3 rings (SSSR count). The van der Waals surface area contributed by atoms with Crippen molar-refractivity contribution in [2.75, 3.05) is 6.54 Å². The number of rotatable bonds is 5. The van der Waals surface area contributed by atoms with Gasteiger partial charge in [0.15, 0.2) is 0 Å². The highest BCUT2D eigenvalue weighted by Crippen LogP contribution is 2.42. The zero-order valence-electron chi connectivity index (χ0n) is 15.0. The van der Waals surface area contributed by atoms with Gasteiger partial charge in [-0.25, -0.2) is 0 Å². The molecule has 0 spiro atoms. The van der Waals surface area contributed by atoms with Crippen molar-refractivity contribution >= 4 is 11.8 Å². The second kappa shape index (κ2) is 6.58. The molecule has 1 N–H and O–H groups in total. The summed E-state index contributed by atoms with van der Waals surface area (Å²) in [6.07, 6.45) is 4.68. The molecule has 130 valence electrons. The van der Waals surface area contributed by atoms with Crippen LogP contribution in [0.25, 0.3) is 0 Å². The van der Waals surface area contributed by atoms with Crippen molar-refractivity contribution in [3.8, 4) is 0 Å². The van der Waals surface area contributed by atoms with E-state index in [0.29, 0.717) is 19.0 Å². The average molecular weight is 328 g/mol. The summed E-state index contributed by atoms with van der Waals surface area (Å²) in [6.45, 7) is 6.08. The summed E-state index contributed by atoms with van der Waals surface area (Å²) in [5.41, 5.74) is 2.28. The summed E-state index contributed by atoms with van der Waals surface area (Å²) in [6, 6.07) is 9.10. The van der Waals surface area contributed by atoms with E-state index in [0.717, 1.165) is 25.7 Å². The number of benzene rings is 1. The van der Waals surface area contributed by atoms with Gasteiger partial charge < -0.3 is 10.2 Å². The highest BCUT2D eigenvalue weighted by Gasteiger charge is 2.39. The highest BCUT2D eigenvalue weighted by molar-refractivity contribution is 5.82. The zero-order chi connectivity index (χ0) is 17.3. The van der Waals surface area contributed by atoms with Gasteiger partial charge in [0.2, 0.25) is 11.8 Å². The number of amides is 2. The molecule has 4 nitrogen and oxygen atoms in total. The van der Waals surface area contributed by atoms with Crippen LogP contribution in [0.15, 0.2) is 24.3 Å². The maximum absolute atomic E-state index is 12.8. The van der Waals surface area contributed by atoms with Crippen molar-refractivity contribution in [2.45, 2.75) is 65.0 Å². The highest BCUT2D eigenvalue weighted by atomic mass is 16.2. The lowest BCUT2D eigenvalue weighted by molar-refractivity contribution is -0.134. The summed E-state index contributed by atoms with van der Waals surface area (Å²) in [5.74, 6) is 0.174. The molecular weight excluding hydrogens is 300 g/mol. The largest absolute Gasteiger partial charge is 0.355 e. The average Bonchev–Trinajstić information content (AvgIpc) is 3.27. The molecule has 0 aromatic heterocycles. The van der Waals surface area contributed by atoms with Gasteiger partial charge in [0.25, 0.3) is 0 Å². The van der Waals surface area contributed by atoms with Gasteiger partial charge in [-0.15, -0.1) is 0 Å². The zero-order valence-corrected chi connectivity index (χ0v) is 15.0. The Morgan fingerprint density at radius 1 is 1.17 bits per heavy atom. The van der Waals surface area contributed by atoms with E-state index in [4.69, 9.17) is 0 Å². The molecule has 1 aromatic rings. The van der Waals surface area contributed by atoms with Crippen molar-refractivity contribution in [1.82, 2.24) is 10.2 Å². The van der Waals surface area contributed by atoms with Crippen molar-refractivity contribution in [1.29, 1.82) is 0 Å². The van der Waals surface area contributed by atoms with E-state index < -0.39 is 5.41 Å². The lowest BCUT2D eigenvalue weighted by atomic mass is 9.96. The first kappa shape index (κ1) is 17.0. The Hall–Kier alpha value is -1.84. The first-order valence-corrected chi connectivity index (χ1v) is 9.05. The summed E-state index contributed by atoms with van der Waals surface area (Å²) >= 11 is 0. The Morgan fingerprint density at radius 2 is 1.88 bits per heavy atom. The van der Waals surface area contributed by atoms with Crippen LogP contribution in [0.2, 0.25) is 0 Å². The molecule has 0 radical (unpaired) electrons. The molecule has 2 aliphatic carbocycles. The molecule has 4 heteroatoms. The molecule has 0 heterocycles. The number of carbonyl (C=O) groups is 2. The smallest absolute Gasteiger partial charge is 0.225 e. The first-order chi connectivity index (χ1) is 11.4. The number of fused-ring (bicyclic) bond motifs is 1. The van der Waals surface area contributed by atoms with Crippen LogP contribution < -0.4 is 5.32 Å². The van der Waals surface area contributed by atoms with Gasteiger partial charge in [-0.3, -0.25) is 9.59 Å². The number of hydrogen-bond donors (Lipinski definition) is 1. The van der Waals surface area contributed by atoms with Crippen molar-refractivity contribution in [3.05, 3.63) is 35.4 Å². The van der Waals surface area contributed by atoms with Gasteiger partial charge in [0, 0.05) is 24.4 Å². The molecule has 1 saturated carbocycles. The van der Waals surface area contributed by atoms with Gasteiger partial charge in [-0.1, -0.05) is 45.0 Å². The third kappa shape index (κ3) is 3.63. The Bertz CT molecular complexity index is 629. The van der Waals surface area contributed by atoms with Crippen LogP contribution in [-0.4, -0.2) is 29.3 Å². The second-order valence-corrected chi connectivity index (χ2v) is 8.04. The van der Waals surface area contributed by atoms with E-state index >= 15 is 0 Å². The predicted octanol–water partition coefficient (Wildman–Crippen LogP) is 3.22. The maximum atomic E-state index is 12.8. The molecule has 0 saturated heterocycles. The lowest BCUT2D eigenvalue weighted by Crippen LogP contribution is -2.40. The van der Waals surface area contributed by atoms with E-state index in [1.165, 1.54) is 11.1 Å². The quantitative estimate of drug-likeness (QED) is 0.902. The van der Waals surface area contributed by atoms with Gasteiger partial charge in [0.1, 0.15) is 0 Å². The minimum atomic E-state index is -0.413. The number of nitrogens with zero attached hydrogens (tertiary/aromatic N) is 1. The van der Waals surface area contributed by atoms with E-state index in [1.807, 2.05) is 20.8 Å². The fraction of sp³-hybridized carbons (Fsp3) is 0.600. The number of carbonyl (C=O) groups excluding carboxylic acids is 2. The first-order valence-electron chi connectivity index (χ1n) is 9.05. The molecule has 1 fully saturated rings. The third-order valence-electron chi connectivity index (χ3n) is 4.97. The van der Waals surface area contributed by atoms with E-state index in [9.17, 15) is 9.59 Å². The Labute approximate surface area is 144 Å². The molecular formula is C20H28N2O2. The topological polar surface area (TPSA) is 49.4 Å². The number of nitrogens with one attached hydrogen (secondary N) is 1. The number of aryl methyl sites for hydroxylation is 1.